The van der Waals surface area contributed by atoms with Gasteiger partial charge in [-0.1, -0.05) is 6.92 Å². The average molecular weight is 457 g/mol. The molecule has 1 aliphatic heterocycles. The second-order valence-electron chi connectivity index (χ2n) is 9.33. The lowest BCUT2D eigenvalue weighted by molar-refractivity contribution is -0.136. The number of pyridine rings is 1. The number of likely N-dealkylation sites (tertiary alicyclic amines) is 1. The van der Waals surface area contributed by atoms with Gasteiger partial charge in [0.25, 0.3) is 5.88 Å². The molecule has 5 atom stereocenters. The predicted octanol–water partition coefficient (Wildman–Crippen LogP) is 2.96. The number of amides is 1. The summed E-state index contributed by atoms with van der Waals surface area (Å²) in [6, 6.07) is 2.78. The smallest absolute Gasteiger partial charge is 0.359 e. The van der Waals surface area contributed by atoms with Crippen LogP contribution in [0.15, 0.2) is 18.3 Å². The molecule has 0 aromatic carbocycles. The predicted molar refractivity (Wildman–Crippen MR) is 116 cm³/mol. The van der Waals surface area contributed by atoms with Crippen LogP contribution in [-0.4, -0.2) is 56.8 Å². The van der Waals surface area contributed by atoms with Crippen molar-refractivity contribution in [3.63, 3.8) is 0 Å². The molecule has 1 saturated carbocycles. The minimum atomic E-state index is -0.485. The number of esters is 1. The molecule has 1 amide bonds. The number of fused-ring (bicyclic) bond motifs is 3. The molecule has 2 aromatic heterocycles. The lowest BCUT2D eigenvalue weighted by atomic mass is 10.0. The Labute approximate surface area is 192 Å². The first-order valence-electron chi connectivity index (χ1n) is 11.7. The van der Waals surface area contributed by atoms with Gasteiger partial charge in [0.2, 0.25) is 5.91 Å². The minimum Gasteiger partial charge on any atom is -0.472 e. The molecule has 1 saturated heterocycles. The summed E-state index contributed by atoms with van der Waals surface area (Å²) in [5.74, 6) is 0.490. The Bertz CT molecular complexity index is 1090. The number of piperidine rings is 1. The van der Waals surface area contributed by atoms with Crippen LogP contribution in [0.25, 0.3) is 0 Å². The van der Waals surface area contributed by atoms with E-state index in [1.54, 1.807) is 11.6 Å². The lowest BCUT2D eigenvalue weighted by Gasteiger charge is -2.37. The van der Waals surface area contributed by atoms with Crippen molar-refractivity contribution >= 4 is 11.9 Å². The zero-order valence-corrected chi connectivity index (χ0v) is 19.2. The maximum Gasteiger partial charge on any atom is 0.359 e. The van der Waals surface area contributed by atoms with E-state index in [9.17, 15) is 14.0 Å². The number of nitrogens with zero attached hydrogens (tertiary/aromatic N) is 4. The summed E-state index contributed by atoms with van der Waals surface area (Å²) in [4.78, 5) is 31.5. The molecular weight excluding hydrogens is 427 g/mol. The molecule has 3 unspecified atom stereocenters. The molecule has 5 rings (SSSR count). The highest BCUT2D eigenvalue weighted by Crippen LogP contribution is 2.62. The second kappa shape index (κ2) is 8.43. The highest BCUT2D eigenvalue weighted by atomic mass is 19.1. The van der Waals surface area contributed by atoms with Crippen molar-refractivity contribution in [2.45, 2.75) is 64.6 Å². The molecule has 9 heteroatoms. The van der Waals surface area contributed by atoms with Gasteiger partial charge in [0.1, 0.15) is 12.6 Å². The number of rotatable bonds is 6. The molecule has 33 heavy (non-hydrogen) atoms. The molecule has 176 valence electrons. The second-order valence-corrected chi connectivity index (χ2v) is 9.33. The molecule has 8 nitrogen and oxygen atoms in total. The highest BCUT2D eigenvalue weighted by molar-refractivity contribution is 5.90. The van der Waals surface area contributed by atoms with Gasteiger partial charge in [-0.25, -0.2) is 14.2 Å². The Morgan fingerprint density at radius 2 is 2.12 bits per heavy atom. The van der Waals surface area contributed by atoms with Gasteiger partial charge in [-0.3, -0.25) is 9.48 Å². The maximum atomic E-state index is 13.9. The summed E-state index contributed by atoms with van der Waals surface area (Å²) < 4.78 is 26.5. The summed E-state index contributed by atoms with van der Waals surface area (Å²) in [5.41, 5.74) is 2.35. The fraction of sp³-hybridized carbons (Fsp3) is 0.583. The van der Waals surface area contributed by atoms with Crippen molar-refractivity contribution in [2.24, 2.45) is 11.8 Å². The van der Waals surface area contributed by atoms with Gasteiger partial charge in [-0.15, -0.1) is 0 Å². The molecule has 2 aliphatic carbocycles. The Balaban J connectivity index is 1.27. The van der Waals surface area contributed by atoms with Crippen LogP contribution < -0.4 is 4.74 Å². The van der Waals surface area contributed by atoms with E-state index in [0.29, 0.717) is 49.4 Å². The lowest BCUT2D eigenvalue weighted by Crippen LogP contribution is -2.48. The molecule has 3 heterocycles. The summed E-state index contributed by atoms with van der Waals surface area (Å²) in [6.45, 7) is 6.84. The monoisotopic (exact) mass is 456 g/mol. The molecular formula is C24H29FN4O4. The van der Waals surface area contributed by atoms with E-state index in [1.165, 1.54) is 18.3 Å². The minimum absolute atomic E-state index is 0.000804. The quantitative estimate of drug-likeness (QED) is 0.622. The molecule has 2 fully saturated rings. The first-order chi connectivity index (χ1) is 15.9. The van der Waals surface area contributed by atoms with Crippen molar-refractivity contribution in [1.82, 2.24) is 19.7 Å². The molecule has 0 N–H and O–H groups in total. The van der Waals surface area contributed by atoms with E-state index < -0.39 is 11.8 Å². The Morgan fingerprint density at radius 1 is 1.30 bits per heavy atom. The molecule has 0 bridgehead atoms. The average Bonchev–Trinajstić information content (AvgIpc) is 3.10. The van der Waals surface area contributed by atoms with Gasteiger partial charge >= 0.3 is 5.97 Å². The van der Waals surface area contributed by atoms with Crippen LogP contribution in [0.4, 0.5) is 4.39 Å². The van der Waals surface area contributed by atoms with Gasteiger partial charge in [0.15, 0.2) is 11.5 Å². The molecule has 2 aromatic rings. The van der Waals surface area contributed by atoms with E-state index in [0.717, 1.165) is 17.7 Å². The fourth-order valence-corrected chi connectivity index (χ4v) is 5.56. The largest absolute Gasteiger partial charge is 0.472 e. The zero-order valence-electron chi connectivity index (χ0n) is 19.2. The molecule has 3 aliphatic rings. The van der Waals surface area contributed by atoms with Crippen molar-refractivity contribution in [1.29, 1.82) is 0 Å². The molecule has 0 spiro atoms. The zero-order chi connectivity index (χ0) is 23.3. The number of halogens is 1. The summed E-state index contributed by atoms with van der Waals surface area (Å²) in [6.07, 6.45) is 3.33. The number of aromatic nitrogens is 3. The number of ether oxygens (including phenoxy) is 2. The van der Waals surface area contributed by atoms with E-state index >= 15 is 0 Å². The van der Waals surface area contributed by atoms with E-state index in [-0.39, 0.29) is 30.5 Å². The third-order valence-corrected chi connectivity index (χ3v) is 7.33. The van der Waals surface area contributed by atoms with Crippen molar-refractivity contribution < 1.29 is 23.5 Å². The van der Waals surface area contributed by atoms with Crippen LogP contribution >= 0.6 is 0 Å². The van der Waals surface area contributed by atoms with Gasteiger partial charge in [-0.05, 0) is 50.2 Å². The van der Waals surface area contributed by atoms with Gasteiger partial charge in [-0.2, -0.15) is 5.10 Å². The number of carbonyl (C=O) groups is 2. The topological polar surface area (TPSA) is 86.5 Å². The maximum absolute atomic E-state index is 13.9. The Morgan fingerprint density at radius 3 is 2.85 bits per heavy atom. The fourth-order valence-electron chi connectivity index (χ4n) is 5.56. The van der Waals surface area contributed by atoms with E-state index in [4.69, 9.17) is 9.47 Å². The van der Waals surface area contributed by atoms with Crippen LogP contribution in [0.2, 0.25) is 0 Å². The summed E-state index contributed by atoms with van der Waals surface area (Å²) >= 11 is 0. The van der Waals surface area contributed by atoms with Crippen molar-refractivity contribution in [3.8, 4) is 5.88 Å². The summed E-state index contributed by atoms with van der Waals surface area (Å²) in [7, 11) is 0. The van der Waals surface area contributed by atoms with Crippen molar-refractivity contribution in [2.75, 3.05) is 13.2 Å². The standard InChI is InChI=1S/C24H29FN4O4/c1-4-32-24(31)22-21-18(11-16-14(3)20(16)21)29(27-22)12-19(30)28-9-7-15(10-13(28)2)33-23-17(25)6-5-8-26-23/h5-6,8,13-16,20H,4,7,9-12H2,1-3H3/t13-,14?,15-,16?,20?/m1/s1. The normalized spacial score (nSPS) is 27.6. The Kier molecular flexibility index (Phi) is 5.58. The number of carbonyl (C=O) groups excluding carboxylic acids is 2. The SMILES string of the molecule is CCOC(=O)c1nn(CC(=O)N2CC[C@@H](Oc3ncccc3F)C[C@H]2C)c2c1C1C(C)C1C2. The molecule has 0 radical (unpaired) electrons. The number of hydrogen-bond acceptors (Lipinski definition) is 6. The van der Waals surface area contributed by atoms with Gasteiger partial charge < -0.3 is 14.4 Å². The van der Waals surface area contributed by atoms with E-state index in [2.05, 4.69) is 17.0 Å². The van der Waals surface area contributed by atoms with Gasteiger partial charge in [0, 0.05) is 42.9 Å². The van der Waals surface area contributed by atoms with Crippen LogP contribution in [0.1, 0.15) is 61.3 Å². The third kappa shape index (κ3) is 3.87. The highest BCUT2D eigenvalue weighted by Gasteiger charge is 2.56. The van der Waals surface area contributed by atoms with Crippen LogP contribution in [0, 0.1) is 17.7 Å². The summed E-state index contributed by atoms with van der Waals surface area (Å²) in [5, 5.41) is 4.52. The number of hydrogen-bond donors (Lipinski definition) is 0. The third-order valence-electron chi connectivity index (χ3n) is 7.33. The Hall–Kier alpha value is -2.97. The van der Waals surface area contributed by atoms with Crippen LogP contribution in [0.3, 0.4) is 0 Å². The first kappa shape index (κ1) is 21.9. The van der Waals surface area contributed by atoms with Crippen molar-refractivity contribution in [3.05, 3.63) is 41.1 Å². The van der Waals surface area contributed by atoms with Gasteiger partial charge in [0.05, 0.1) is 6.61 Å². The van der Waals surface area contributed by atoms with E-state index in [1.807, 2.05) is 11.8 Å². The van der Waals surface area contributed by atoms with Crippen LogP contribution in [-0.2, 0) is 22.5 Å². The van der Waals surface area contributed by atoms with Crippen LogP contribution in [0.5, 0.6) is 5.88 Å². The first-order valence-corrected chi connectivity index (χ1v) is 11.7.